The molecule has 10 rings (SSSR count). The number of fused-ring (bicyclic) bond motifs is 7. The third-order valence-corrected chi connectivity index (χ3v) is 10.6. The lowest BCUT2D eigenvalue weighted by molar-refractivity contribution is 1.07. The Balaban J connectivity index is 1.19. The van der Waals surface area contributed by atoms with E-state index in [-0.39, 0.29) is 0 Å². The van der Waals surface area contributed by atoms with Crippen LogP contribution in [0.3, 0.4) is 0 Å². The topological polar surface area (TPSA) is 43.6 Å². The maximum Gasteiger partial charge on any atom is 0.164 e. The maximum absolute atomic E-state index is 5.02. The van der Waals surface area contributed by atoms with Gasteiger partial charge in [0.25, 0.3) is 0 Å². The van der Waals surface area contributed by atoms with Gasteiger partial charge in [0.05, 0.1) is 21.4 Å². The second-order valence-corrected chi connectivity index (χ2v) is 13.5. The summed E-state index contributed by atoms with van der Waals surface area (Å²) in [6.45, 7) is 0. The summed E-state index contributed by atoms with van der Waals surface area (Å²) < 4.78 is 5.07. The van der Waals surface area contributed by atoms with E-state index in [1.807, 2.05) is 72.0 Å². The second kappa shape index (κ2) is 11.6. The Morgan fingerprint density at radius 3 is 1.72 bits per heavy atom. The van der Waals surface area contributed by atoms with Crippen molar-refractivity contribution in [3.8, 4) is 51.0 Å². The normalized spacial score (nSPS) is 11.6. The molecule has 7 aromatic carbocycles. The van der Waals surface area contributed by atoms with Crippen molar-refractivity contribution in [1.82, 2.24) is 19.5 Å². The van der Waals surface area contributed by atoms with Crippen molar-refractivity contribution in [1.29, 1.82) is 0 Å². The van der Waals surface area contributed by atoms with Crippen LogP contribution in [0.15, 0.2) is 170 Å². The Hall–Kier alpha value is -6.43. The first-order valence-electron chi connectivity index (χ1n) is 16.7. The molecule has 0 aliphatic carbocycles. The molecule has 3 heterocycles. The summed E-state index contributed by atoms with van der Waals surface area (Å²) >= 11 is 1.87. The van der Waals surface area contributed by atoms with Gasteiger partial charge in [-0.05, 0) is 29.8 Å². The van der Waals surface area contributed by atoms with Gasteiger partial charge in [-0.2, -0.15) is 0 Å². The minimum absolute atomic E-state index is 0.640. The average Bonchev–Trinajstić information content (AvgIpc) is 3.74. The Morgan fingerprint density at radius 1 is 0.400 bits per heavy atom. The van der Waals surface area contributed by atoms with E-state index < -0.39 is 0 Å². The summed E-state index contributed by atoms with van der Waals surface area (Å²) in [7, 11) is 0. The zero-order valence-corrected chi connectivity index (χ0v) is 27.7. The fraction of sp³-hybridized carbons (Fsp3) is 0. The Morgan fingerprint density at radius 2 is 0.960 bits per heavy atom. The molecule has 0 radical (unpaired) electrons. The number of aromatic nitrogens is 4. The monoisotopic (exact) mass is 656 g/mol. The lowest BCUT2D eigenvalue weighted by Gasteiger charge is -2.15. The first-order chi connectivity index (χ1) is 24.8. The number of thiophene rings is 1. The quantitative estimate of drug-likeness (QED) is 0.185. The largest absolute Gasteiger partial charge is 0.307 e. The van der Waals surface area contributed by atoms with Crippen molar-refractivity contribution < 1.29 is 0 Å². The molecule has 10 aromatic rings. The fourth-order valence-electron chi connectivity index (χ4n) is 7.16. The van der Waals surface area contributed by atoms with Crippen molar-refractivity contribution in [3.63, 3.8) is 0 Å². The molecule has 0 aliphatic rings. The van der Waals surface area contributed by atoms with E-state index in [9.17, 15) is 0 Å². The van der Waals surface area contributed by atoms with Crippen LogP contribution in [0.1, 0.15) is 0 Å². The molecule has 4 nitrogen and oxygen atoms in total. The van der Waals surface area contributed by atoms with Crippen LogP contribution >= 0.6 is 11.3 Å². The van der Waals surface area contributed by atoms with Gasteiger partial charge >= 0.3 is 0 Å². The fourth-order valence-corrected chi connectivity index (χ4v) is 8.40. The molecule has 3 aromatic heterocycles. The number of nitrogens with zero attached hydrogens (tertiary/aromatic N) is 4. The highest BCUT2D eigenvalue weighted by atomic mass is 32.1. The van der Waals surface area contributed by atoms with Crippen molar-refractivity contribution in [3.05, 3.63) is 170 Å². The zero-order chi connectivity index (χ0) is 33.0. The molecule has 0 atom stereocenters. The molecule has 50 heavy (non-hydrogen) atoms. The molecule has 0 saturated heterocycles. The van der Waals surface area contributed by atoms with Crippen LogP contribution < -0.4 is 0 Å². The number of rotatable bonds is 5. The average molecular weight is 657 g/mol. The van der Waals surface area contributed by atoms with Gasteiger partial charge in [-0.25, -0.2) is 15.0 Å². The van der Waals surface area contributed by atoms with E-state index in [2.05, 4.69) is 114 Å². The molecule has 0 amide bonds. The molecule has 0 fully saturated rings. The van der Waals surface area contributed by atoms with Gasteiger partial charge in [0.2, 0.25) is 0 Å². The lowest BCUT2D eigenvalue weighted by atomic mass is 10.0. The molecule has 0 unspecified atom stereocenters. The molecule has 0 saturated carbocycles. The van der Waals surface area contributed by atoms with Gasteiger partial charge in [-0.3, -0.25) is 0 Å². The SMILES string of the molecule is c1ccc(-c2nc(-c3ccccc3)nc(-c3cccc(-c4ccccc4-n4c5ccccc5c5ccc6c7ccccc7sc6c54)c3)n2)cc1. The molecule has 0 aliphatic heterocycles. The summed E-state index contributed by atoms with van der Waals surface area (Å²) in [5, 5.41) is 5.10. The van der Waals surface area contributed by atoms with Crippen molar-refractivity contribution in [2.45, 2.75) is 0 Å². The van der Waals surface area contributed by atoms with E-state index in [0.717, 1.165) is 33.5 Å². The minimum Gasteiger partial charge on any atom is -0.307 e. The van der Waals surface area contributed by atoms with Crippen molar-refractivity contribution in [2.24, 2.45) is 0 Å². The number of benzene rings is 7. The van der Waals surface area contributed by atoms with E-state index in [1.54, 1.807) is 0 Å². The third-order valence-electron chi connectivity index (χ3n) is 9.46. The van der Waals surface area contributed by atoms with Crippen LogP contribution in [0.2, 0.25) is 0 Å². The summed E-state index contributed by atoms with van der Waals surface area (Å²) in [5.41, 5.74) is 8.63. The van der Waals surface area contributed by atoms with Crippen LogP contribution in [-0.2, 0) is 0 Å². The minimum atomic E-state index is 0.640. The highest BCUT2D eigenvalue weighted by Crippen LogP contribution is 2.44. The summed E-state index contributed by atoms with van der Waals surface area (Å²) in [5.74, 6) is 1.94. The van der Waals surface area contributed by atoms with E-state index in [1.165, 1.54) is 42.0 Å². The molecular formula is C45H28N4S. The predicted octanol–water partition coefficient (Wildman–Crippen LogP) is 12.0. The highest BCUT2D eigenvalue weighted by Gasteiger charge is 2.20. The van der Waals surface area contributed by atoms with Gasteiger partial charge in [0.1, 0.15) is 0 Å². The van der Waals surface area contributed by atoms with Crippen molar-refractivity contribution >= 4 is 53.3 Å². The number of hydrogen-bond donors (Lipinski definition) is 0. The summed E-state index contributed by atoms with van der Waals surface area (Å²) in [6, 6.07) is 59.6. The highest BCUT2D eigenvalue weighted by molar-refractivity contribution is 7.26. The van der Waals surface area contributed by atoms with Crippen LogP contribution in [0, 0.1) is 0 Å². The zero-order valence-electron chi connectivity index (χ0n) is 26.9. The van der Waals surface area contributed by atoms with Crippen LogP contribution in [0.5, 0.6) is 0 Å². The standard InChI is InChI=1S/C45H28N4S/c1-3-14-29(15-4-1)43-46-44(30-16-5-2-6-17-30)48-45(47-43)32-19-13-18-31(28-32)33-20-7-10-23-38(33)49-39-24-11-8-21-34(39)36-26-27-37-35-22-9-12-25-40(35)50-42(37)41(36)49/h1-28H. The molecule has 234 valence electrons. The molecular weight excluding hydrogens is 629 g/mol. The van der Waals surface area contributed by atoms with Gasteiger partial charge in [0, 0.05) is 48.5 Å². The first kappa shape index (κ1) is 28.6. The van der Waals surface area contributed by atoms with Crippen molar-refractivity contribution in [2.75, 3.05) is 0 Å². The molecule has 5 heteroatoms. The Labute approximate surface area is 292 Å². The Kier molecular flexibility index (Phi) is 6.64. The maximum atomic E-state index is 5.02. The van der Waals surface area contributed by atoms with E-state index in [4.69, 9.17) is 15.0 Å². The van der Waals surface area contributed by atoms with Gasteiger partial charge < -0.3 is 4.57 Å². The second-order valence-electron chi connectivity index (χ2n) is 12.4. The summed E-state index contributed by atoms with van der Waals surface area (Å²) in [6.07, 6.45) is 0. The molecule has 0 N–H and O–H groups in total. The number of para-hydroxylation sites is 2. The van der Waals surface area contributed by atoms with Crippen LogP contribution in [-0.4, -0.2) is 19.5 Å². The van der Waals surface area contributed by atoms with Gasteiger partial charge in [-0.1, -0.05) is 146 Å². The number of hydrogen-bond acceptors (Lipinski definition) is 4. The lowest BCUT2D eigenvalue weighted by Crippen LogP contribution is -2.00. The van der Waals surface area contributed by atoms with Crippen LogP contribution in [0.4, 0.5) is 0 Å². The summed E-state index contributed by atoms with van der Waals surface area (Å²) in [4.78, 5) is 14.9. The molecule has 0 spiro atoms. The van der Waals surface area contributed by atoms with Crippen LogP contribution in [0.25, 0.3) is 93.0 Å². The van der Waals surface area contributed by atoms with Gasteiger partial charge in [-0.15, -0.1) is 11.3 Å². The van der Waals surface area contributed by atoms with E-state index >= 15 is 0 Å². The Bertz CT molecular complexity index is 2810. The van der Waals surface area contributed by atoms with E-state index in [0.29, 0.717) is 17.5 Å². The first-order valence-corrected chi connectivity index (χ1v) is 17.5. The third kappa shape index (κ3) is 4.63. The smallest absolute Gasteiger partial charge is 0.164 e. The van der Waals surface area contributed by atoms with Gasteiger partial charge in [0.15, 0.2) is 17.5 Å². The predicted molar refractivity (Wildman–Crippen MR) is 209 cm³/mol. The molecule has 0 bridgehead atoms.